The van der Waals surface area contributed by atoms with E-state index in [0.29, 0.717) is 0 Å². The summed E-state index contributed by atoms with van der Waals surface area (Å²) in [6.07, 6.45) is 1.15. The van der Waals surface area contributed by atoms with Gasteiger partial charge < -0.3 is 5.73 Å². The molecule has 0 radical (unpaired) electrons. The first-order valence-electron chi connectivity index (χ1n) is 5.36. The summed E-state index contributed by atoms with van der Waals surface area (Å²) in [4.78, 5) is 24.5. The molecule has 7 nitrogen and oxygen atoms in total. The number of hydrogen-bond acceptors (Lipinski definition) is 5. The molecule has 18 heavy (non-hydrogen) atoms. The lowest BCUT2D eigenvalue weighted by Crippen LogP contribution is -2.36. The largest absolute Gasteiger partial charge is 0.393 e. The topological polar surface area (TPSA) is 115 Å². The van der Waals surface area contributed by atoms with Crippen LogP contribution in [0.25, 0.3) is 0 Å². The van der Waals surface area contributed by atoms with Crippen molar-refractivity contribution in [3.05, 3.63) is 27.0 Å². The standard InChI is InChI=1S/C10H17N3O4S/c1-10(2,3)18(16,17)5-4-13-6-7(11)8(14)12-9(13)15/h6H,4-5,11H2,1-3H3,(H,12,14,15). The van der Waals surface area contributed by atoms with Gasteiger partial charge in [-0.15, -0.1) is 0 Å². The molecule has 0 saturated carbocycles. The summed E-state index contributed by atoms with van der Waals surface area (Å²) in [5, 5.41) is 0. The number of anilines is 1. The van der Waals surface area contributed by atoms with Gasteiger partial charge >= 0.3 is 5.69 Å². The zero-order valence-corrected chi connectivity index (χ0v) is 11.4. The molecule has 0 saturated heterocycles. The van der Waals surface area contributed by atoms with Gasteiger partial charge in [-0.05, 0) is 20.8 Å². The maximum atomic E-state index is 11.9. The molecule has 0 aromatic carbocycles. The number of nitrogen functional groups attached to an aromatic ring is 1. The highest BCUT2D eigenvalue weighted by Gasteiger charge is 2.28. The fourth-order valence-electron chi connectivity index (χ4n) is 1.22. The summed E-state index contributed by atoms with van der Waals surface area (Å²) < 4.78 is 23.9. The third-order valence-electron chi connectivity index (χ3n) is 2.57. The van der Waals surface area contributed by atoms with Crippen LogP contribution in [0.4, 0.5) is 5.69 Å². The summed E-state index contributed by atoms with van der Waals surface area (Å²) in [5.41, 5.74) is 3.90. The fourth-order valence-corrected chi connectivity index (χ4v) is 2.27. The van der Waals surface area contributed by atoms with E-state index in [1.54, 1.807) is 20.8 Å². The smallest absolute Gasteiger partial charge is 0.328 e. The molecule has 1 rings (SSSR count). The molecule has 1 aromatic rings. The highest BCUT2D eigenvalue weighted by molar-refractivity contribution is 7.92. The monoisotopic (exact) mass is 275 g/mol. The number of nitrogens with one attached hydrogen (secondary N) is 1. The Hall–Kier alpha value is -1.57. The molecule has 0 unspecified atom stereocenters. The second-order valence-electron chi connectivity index (χ2n) is 4.97. The molecule has 102 valence electrons. The van der Waals surface area contributed by atoms with Crippen LogP contribution in [0, 0.1) is 0 Å². The van der Waals surface area contributed by atoms with E-state index in [0.717, 1.165) is 10.8 Å². The summed E-state index contributed by atoms with van der Waals surface area (Å²) in [7, 11) is -3.33. The van der Waals surface area contributed by atoms with Crippen molar-refractivity contribution in [3.8, 4) is 0 Å². The Kier molecular flexibility index (Phi) is 3.70. The Morgan fingerprint density at radius 1 is 1.33 bits per heavy atom. The first-order valence-corrected chi connectivity index (χ1v) is 7.01. The first kappa shape index (κ1) is 14.5. The van der Waals surface area contributed by atoms with Crippen LogP contribution in [0.3, 0.4) is 0 Å². The van der Waals surface area contributed by atoms with E-state index >= 15 is 0 Å². The number of sulfone groups is 1. The molecule has 1 heterocycles. The van der Waals surface area contributed by atoms with E-state index < -0.39 is 25.8 Å². The third-order valence-corrected chi connectivity index (χ3v) is 5.16. The van der Waals surface area contributed by atoms with Crippen molar-refractivity contribution < 1.29 is 8.42 Å². The van der Waals surface area contributed by atoms with E-state index in [-0.39, 0.29) is 18.0 Å². The van der Waals surface area contributed by atoms with E-state index in [9.17, 15) is 18.0 Å². The van der Waals surface area contributed by atoms with E-state index in [2.05, 4.69) is 0 Å². The lowest BCUT2D eigenvalue weighted by atomic mass is 10.3. The Morgan fingerprint density at radius 3 is 2.39 bits per heavy atom. The number of aromatic amines is 1. The van der Waals surface area contributed by atoms with Crippen molar-refractivity contribution >= 4 is 15.5 Å². The molecule has 3 N–H and O–H groups in total. The molecule has 0 atom stereocenters. The predicted octanol–water partition coefficient (Wildman–Crippen LogP) is -0.668. The van der Waals surface area contributed by atoms with Crippen molar-refractivity contribution in [1.29, 1.82) is 0 Å². The Bertz CT molecular complexity index is 649. The van der Waals surface area contributed by atoms with Gasteiger partial charge in [0.15, 0.2) is 9.84 Å². The number of nitrogens with two attached hydrogens (primary N) is 1. The zero-order valence-electron chi connectivity index (χ0n) is 10.6. The average molecular weight is 275 g/mol. The molecule has 0 aliphatic heterocycles. The van der Waals surface area contributed by atoms with Crippen molar-refractivity contribution in [2.75, 3.05) is 11.5 Å². The SMILES string of the molecule is CC(C)(C)S(=O)(=O)CCn1cc(N)c(=O)[nH]c1=O. The number of hydrogen-bond donors (Lipinski definition) is 2. The fraction of sp³-hybridized carbons (Fsp3) is 0.600. The van der Waals surface area contributed by atoms with Crippen LogP contribution < -0.4 is 17.0 Å². The van der Waals surface area contributed by atoms with Crippen LogP contribution in [0.2, 0.25) is 0 Å². The highest BCUT2D eigenvalue weighted by Crippen LogP contribution is 2.15. The van der Waals surface area contributed by atoms with Crippen LogP contribution in [0.5, 0.6) is 0 Å². The minimum Gasteiger partial charge on any atom is -0.393 e. The molecule has 8 heteroatoms. The van der Waals surface area contributed by atoms with Gasteiger partial charge in [-0.1, -0.05) is 0 Å². The van der Waals surface area contributed by atoms with E-state index in [1.165, 1.54) is 0 Å². The van der Waals surface area contributed by atoms with Gasteiger partial charge in [0.05, 0.1) is 10.5 Å². The van der Waals surface area contributed by atoms with Gasteiger partial charge in [-0.3, -0.25) is 14.3 Å². The van der Waals surface area contributed by atoms with Gasteiger partial charge in [-0.2, -0.15) is 0 Å². The van der Waals surface area contributed by atoms with Crippen LogP contribution in [0.15, 0.2) is 15.8 Å². The lowest BCUT2D eigenvalue weighted by molar-refractivity contribution is 0.551. The summed E-state index contributed by atoms with van der Waals surface area (Å²) in [6, 6.07) is 0. The molecule has 0 aliphatic carbocycles. The second-order valence-corrected chi connectivity index (χ2v) is 7.83. The second kappa shape index (κ2) is 4.60. The van der Waals surface area contributed by atoms with Gasteiger partial charge in [0.25, 0.3) is 5.56 Å². The molecular formula is C10H17N3O4S. The van der Waals surface area contributed by atoms with Crippen molar-refractivity contribution in [2.24, 2.45) is 0 Å². The van der Waals surface area contributed by atoms with Gasteiger partial charge in [0.2, 0.25) is 0 Å². The Labute approximate surface area is 105 Å². The summed E-state index contributed by atoms with van der Waals surface area (Å²) >= 11 is 0. The van der Waals surface area contributed by atoms with E-state index in [1.807, 2.05) is 4.98 Å². The van der Waals surface area contributed by atoms with Crippen molar-refractivity contribution in [3.63, 3.8) is 0 Å². The quantitative estimate of drug-likeness (QED) is 0.759. The maximum absolute atomic E-state index is 11.9. The van der Waals surface area contributed by atoms with Gasteiger partial charge in [0, 0.05) is 12.7 Å². The molecule has 0 bridgehead atoms. The van der Waals surface area contributed by atoms with Gasteiger partial charge in [0.1, 0.15) is 5.69 Å². The molecule has 0 fully saturated rings. The number of rotatable bonds is 3. The normalized spacial score (nSPS) is 12.6. The minimum atomic E-state index is -3.33. The molecular weight excluding hydrogens is 258 g/mol. The highest BCUT2D eigenvalue weighted by atomic mass is 32.2. The molecule has 0 aliphatic rings. The average Bonchev–Trinajstić information content (AvgIpc) is 2.20. The van der Waals surface area contributed by atoms with Crippen molar-refractivity contribution in [2.45, 2.75) is 32.1 Å². The third kappa shape index (κ3) is 3.00. The molecule has 0 amide bonds. The predicted molar refractivity (Wildman–Crippen MR) is 69.3 cm³/mol. The van der Waals surface area contributed by atoms with Crippen LogP contribution >= 0.6 is 0 Å². The number of aryl methyl sites for hydroxylation is 1. The number of H-pyrrole nitrogens is 1. The summed E-state index contributed by atoms with van der Waals surface area (Å²) in [6.45, 7) is 4.73. The van der Waals surface area contributed by atoms with Crippen molar-refractivity contribution in [1.82, 2.24) is 9.55 Å². The maximum Gasteiger partial charge on any atom is 0.328 e. The van der Waals surface area contributed by atoms with E-state index in [4.69, 9.17) is 5.73 Å². The van der Waals surface area contributed by atoms with Crippen LogP contribution in [-0.2, 0) is 16.4 Å². The minimum absolute atomic E-state index is 0.0422. The number of nitrogens with zero attached hydrogens (tertiary/aromatic N) is 1. The van der Waals surface area contributed by atoms with Crippen LogP contribution in [0.1, 0.15) is 20.8 Å². The number of aromatic nitrogens is 2. The summed E-state index contributed by atoms with van der Waals surface area (Å²) in [5.74, 6) is -0.193. The molecule has 0 spiro atoms. The lowest BCUT2D eigenvalue weighted by Gasteiger charge is -2.19. The van der Waals surface area contributed by atoms with Gasteiger partial charge in [-0.25, -0.2) is 13.2 Å². The Balaban J connectivity index is 2.99. The van der Waals surface area contributed by atoms with Crippen LogP contribution in [-0.4, -0.2) is 28.5 Å². The molecule has 1 aromatic heterocycles. The zero-order chi connectivity index (χ0) is 14.1. The Morgan fingerprint density at radius 2 is 1.89 bits per heavy atom. The first-order chi connectivity index (χ1) is 8.04.